The molecule has 10 heteroatoms. The minimum absolute atomic E-state index is 0.0818. The zero-order valence-electron chi connectivity index (χ0n) is 18.6. The van der Waals surface area contributed by atoms with Crippen LogP contribution in [0.25, 0.3) is 17.4 Å². The highest BCUT2D eigenvalue weighted by Crippen LogP contribution is 2.28. The van der Waals surface area contributed by atoms with Gasteiger partial charge in [-0.25, -0.2) is 4.98 Å². The maximum absolute atomic E-state index is 12.9. The van der Waals surface area contributed by atoms with Gasteiger partial charge in [0.25, 0.3) is 5.56 Å². The Morgan fingerprint density at radius 1 is 1.15 bits per heavy atom. The van der Waals surface area contributed by atoms with Gasteiger partial charge in [-0.1, -0.05) is 6.07 Å². The van der Waals surface area contributed by atoms with Gasteiger partial charge in [-0.3, -0.25) is 14.6 Å². The monoisotopic (exact) mass is 449 g/mol. The number of carbonyl (C=O) groups is 1. The van der Waals surface area contributed by atoms with E-state index >= 15 is 0 Å². The number of nitrogens with zero attached hydrogens (tertiary/aromatic N) is 3. The van der Waals surface area contributed by atoms with Crippen LogP contribution < -0.4 is 20.3 Å². The number of anilines is 1. The van der Waals surface area contributed by atoms with Gasteiger partial charge in [-0.15, -0.1) is 0 Å². The summed E-state index contributed by atoms with van der Waals surface area (Å²) in [5, 5.41) is 7.33. The molecule has 0 saturated carbocycles. The van der Waals surface area contributed by atoms with Gasteiger partial charge in [0, 0.05) is 17.3 Å². The molecule has 4 aromatic rings. The first-order valence-corrected chi connectivity index (χ1v) is 10.1. The number of aryl methyl sites for hydroxylation is 1. The minimum Gasteiger partial charge on any atom is -0.493 e. The molecule has 170 valence electrons. The molecule has 10 nitrogen and oxygen atoms in total. The summed E-state index contributed by atoms with van der Waals surface area (Å²) in [6, 6.07) is 10.4. The van der Waals surface area contributed by atoms with Crippen LogP contribution >= 0.6 is 0 Å². The molecular formula is C23H23N5O5. The van der Waals surface area contributed by atoms with E-state index in [1.54, 1.807) is 57.4 Å². The smallest absolute Gasteiger partial charge is 0.255 e. The fraction of sp³-hybridized carbons (Fsp3) is 0.217. The number of methoxy groups -OCH3 is 2. The molecule has 2 N–H and O–H groups in total. The van der Waals surface area contributed by atoms with Crippen LogP contribution in [0.15, 0.2) is 51.9 Å². The van der Waals surface area contributed by atoms with Crippen LogP contribution in [0.5, 0.6) is 11.5 Å². The number of benzene rings is 1. The fourth-order valence-electron chi connectivity index (χ4n) is 3.27. The van der Waals surface area contributed by atoms with E-state index in [1.807, 2.05) is 0 Å². The Morgan fingerprint density at radius 2 is 1.94 bits per heavy atom. The summed E-state index contributed by atoms with van der Waals surface area (Å²) in [5.41, 5.74) is 2.00. The highest BCUT2D eigenvalue weighted by Gasteiger charge is 2.18. The lowest BCUT2D eigenvalue weighted by molar-refractivity contribution is -0.115. The molecule has 0 aliphatic rings. The number of H-pyrrole nitrogens is 1. The largest absolute Gasteiger partial charge is 0.493 e. The minimum atomic E-state index is -0.291. The van der Waals surface area contributed by atoms with Crippen molar-refractivity contribution in [1.29, 1.82) is 0 Å². The number of nitrogens with one attached hydrogen (secondary N) is 2. The summed E-state index contributed by atoms with van der Waals surface area (Å²) >= 11 is 0. The number of ether oxygens (including phenoxy) is 2. The molecule has 0 saturated heterocycles. The Balaban J connectivity index is 1.67. The van der Waals surface area contributed by atoms with Crippen LogP contribution in [-0.2, 0) is 11.2 Å². The van der Waals surface area contributed by atoms with Crippen LogP contribution in [0.3, 0.4) is 0 Å². The Kier molecular flexibility index (Phi) is 5.99. The number of hydrogen-bond acceptors (Lipinski definition) is 7. The van der Waals surface area contributed by atoms with E-state index in [1.165, 1.54) is 18.1 Å². The van der Waals surface area contributed by atoms with Crippen molar-refractivity contribution in [3.05, 3.63) is 69.8 Å². The summed E-state index contributed by atoms with van der Waals surface area (Å²) in [6.07, 6.45) is 1.61. The van der Waals surface area contributed by atoms with Crippen molar-refractivity contribution in [2.75, 3.05) is 19.5 Å². The first-order chi connectivity index (χ1) is 15.9. The Hall–Kier alpha value is -4.34. The van der Waals surface area contributed by atoms with Crippen molar-refractivity contribution in [3.63, 3.8) is 0 Å². The molecule has 0 aliphatic heterocycles. The molecule has 0 unspecified atom stereocenters. The van der Waals surface area contributed by atoms with E-state index in [0.717, 1.165) is 5.56 Å². The van der Waals surface area contributed by atoms with E-state index in [4.69, 9.17) is 13.9 Å². The van der Waals surface area contributed by atoms with Gasteiger partial charge in [0.15, 0.2) is 17.3 Å². The summed E-state index contributed by atoms with van der Waals surface area (Å²) in [4.78, 5) is 32.3. The third kappa shape index (κ3) is 4.49. The molecule has 0 radical (unpaired) electrons. The predicted molar refractivity (Wildman–Crippen MR) is 121 cm³/mol. The number of amides is 1. The van der Waals surface area contributed by atoms with Crippen molar-refractivity contribution < 1.29 is 18.7 Å². The molecule has 33 heavy (non-hydrogen) atoms. The van der Waals surface area contributed by atoms with Gasteiger partial charge < -0.3 is 19.2 Å². The summed E-state index contributed by atoms with van der Waals surface area (Å²) in [6.45, 7) is 3.43. The van der Waals surface area contributed by atoms with Crippen LogP contribution in [0.2, 0.25) is 0 Å². The molecule has 3 heterocycles. The number of furan rings is 1. The average Bonchev–Trinajstić information content (AvgIpc) is 3.47. The summed E-state index contributed by atoms with van der Waals surface area (Å²) in [5.74, 6) is 1.84. The van der Waals surface area contributed by atoms with Gasteiger partial charge in [-0.2, -0.15) is 9.78 Å². The molecule has 1 amide bonds. The first-order valence-electron chi connectivity index (χ1n) is 10.1. The second-order valence-corrected chi connectivity index (χ2v) is 7.32. The van der Waals surface area contributed by atoms with Gasteiger partial charge >= 0.3 is 0 Å². The summed E-state index contributed by atoms with van der Waals surface area (Å²) < 4.78 is 17.4. The lowest BCUT2D eigenvalue weighted by Gasteiger charge is -2.11. The van der Waals surface area contributed by atoms with E-state index < -0.39 is 0 Å². The molecule has 0 atom stereocenters. The highest BCUT2D eigenvalue weighted by atomic mass is 16.5. The van der Waals surface area contributed by atoms with Gasteiger partial charge in [0.1, 0.15) is 11.5 Å². The van der Waals surface area contributed by atoms with Crippen molar-refractivity contribution in [2.45, 2.75) is 20.3 Å². The lowest BCUT2D eigenvalue weighted by atomic mass is 10.1. The van der Waals surface area contributed by atoms with Gasteiger partial charge in [0.05, 0.1) is 26.9 Å². The van der Waals surface area contributed by atoms with Crippen molar-refractivity contribution in [1.82, 2.24) is 19.7 Å². The second kappa shape index (κ2) is 9.03. The average molecular weight is 449 g/mol. The van der Waals surface area contributed by atoms with Gasteiger partial charge in [-0.05, 0) is 43.7 Å². The molecule has 3 aromatic heterocycles. The van der Waals surface area contributed by atoms with Crippen molar-refractivity contribution >= 4 is 11.7 Å². The first kappa shape index (κ1) is 21.9. The molecule has 0 bridgehead atoms. The fourth-order valence-corrected chi connectivity index (χ4v) is 3.27. The van der Waals surface area contributed by atoms with Crippen LogP contribution in [0.1, 0.15) is 16.8 Å². The Bertz CT molecular complexity index is 1350. The second-order valence-electron chi connectivity index (χ2n) is 7.32. The quantitative estimate of drug-likeness (QED) is 0.444. The predicted octanol–water partition coefficient (Wildman–Crippen LogP) is 3.03. The Morgan fingerprint density at radius 3 is 2.61 bits per heavy atom. The zero-order chi connectivity index (χ0) is 23.5. The third-order valence-corrected chi connectivity index (χ3v) is 5.15. The number of hydrogen-bond donors (Lipinski definition) is 2. The Labute approximate surface area is 189 Å². The maximum Gasteiger partial charge on any atom is 0.255 e. The number of aromatic nitrogens is 4. The SMILES string of the molecule is COc1ccc(CC(=O)Nc2cc(-c3ccco3)nn2-c2nc(C)c(C)c(=O)[nH]2)cc1OC. The van der Waals surface area contributed by atoms with Crippen molar-refractivity contribution in [3.8, 4) is 28.9 Å². The topological polar surface area (TPSA) is 124 Å². The van der Waals surface area contributed by atoms with Crippen LogP contribution in [0, 0.1) is 13.8 Å². The van der Waals surface area contributed by atoms with Crippen LogP contribution in [0.4, 0.5) is 5.82 Å². The van der Waals surface area contributed by atoms with E-state index in [9.17, 15) is 9.59 Å². The molecule has 4 rings (SSSR count). The van der Waals surface area contributed by atoms with Gasteiger partial charge in [0.2, 0.25) is 11.9 Å². The normalized spacial score (nSPS) is 10.8. The molecule has 0 fully saturated rings. The molecular weight excluding hydrogens is 426 g/mol. The molecule has 0 spiro atoms. The lowest BCUT2D eigenvalue weighted by Crippen LogP contribution is -2.21. The number of aromatic amines is 1. The van der Waals surface area contributed by atoms with E-state index in [0.29, 0.717) is 40.0 Å². The standard InChI is InChI=1S/C23H23N5O5/c1-13-14(2)24-23(26-22(13)30)28-20(12-16(27-28)17-6-5-9-33-17)25-21(29)11-15-7-8-18(31-3)19(10-15)32-4/h5-10,12H,11H2,1-4H3,(H,25,29)(H,24,26,30). The zero-order valence-corrected chi connectivity index (χ0v) is 18.6. The number of carbonyl (C=O) groups excluding carboxylic acids is 1. The molecule has 1 aromatic carbocycles. The molecule has 0 aliphatic carbocycles. The van der Waals surface area contributed by atoms with Crippen LogP contribution in [-0.4, -0.2) is 39.9 Å². The number of rotatable bonds is 7. The van der Waals surface area contributed by atoms with Crippen molar-refractivity contribution in [2.24, 2.45) is 0 Å². The maximum atomic E-state index is 12.9. The van der Waals surface area contributed by atoms with E-state index in [2.05, 4.69) is 20.4 Å². The van der Waals surface area contributed by atoms with E-state index in [-0.39, 0.29) is 23.8 Å². The third-order valence-electron chi connectivity index (χ3n) is 5.15. The highest BCUT2D eigenvalue weighted by molar-refractivity contribution is 5.92. The summed E-state index contributed by atoms with van der Waals surface area (Å²) in [7, 11) is 3.08.